The van der Waals surface area contributed by atoms with E-state index in [9.17, 15) is 13.2 Å². The Morgan fingerprint density at radius 2 is 1.35 bits per heavy atom. The maximum absolute atomic E-state index is 11.1. The van der Waals surface area contributed by atoms with Crippen molar-refractivity contribution in [2.24, 2.45) is 22.4 Å². The summed E-state index contributed by atoms with van der Waals surface area (Å²) in [6.45, 7) is 28.6. The lowest BCUT2D eigenvalue weighted by molar-refractivity contribution is -0.152. The summed E-state index contributed by atoms with van der Waals surface area (Å²) in [6, 6.07) is 16.0. The average molecular weight is 733 g/mol. The van der Waals surface area contributed by atoms with Gasteiger partial charge in [0.1, 0.15) is 18.0 Å². The second kappa shape index (κ2) is 25.7. The molecule has 2 fully saturated rings. The number of nitrogens with zero attached hydrogens (tertiary/aromatic N) is 1. The minimum Gasteiger partial charge on any atom is -0.496 e. The van der Waals surface area contributed by atoms with E-state index in [1.807, 2.05) is 84.0 Å². The summed E-state index contributed by atoms with van der Waals surface area (Å²) in [7, 11) is -1.26. The smallest absolute Gasteiger partial charge is 0.308 e. The first-order chi connectivity index (χ1) is 23.4. The molecule has 0 aromatic heterocycles. The lowest BCUT2D eigenvalue weighted by Crippen LogP contribution is -2.32. The molecule has 0 aliphatic heterocycles. The van der Waals surface area contributed by atoms with Crippen LogP contribution < -0.4 is 9.46 Å². The summed E-state index contributed by atoms with van der Waals surface area (Å²) >= 11 is 0. The van der Waals surface area contributed by atoms with Crippen molar-refractivity contribution >= 4 is 22.2 Å². The summed E-state index contributed by atoms with van der Waals surface area (Å²) < 4.78 is 35.4. The number of methoxy groups -OCH3 is 1. The summed E-state index contributed by atoms with van der Waals surface area (Å²) in [6.07, 6.45) is 8.28. The number of nitrogens with one attached hydrogen (secondary N) is 1. The van der Waals surface area contributed by atoms with Crippen LogP contribution in [0.5, 0.6) is 5.75 Å². The van der Waals surface area contributed by atoms with Gasteiger partial charge in [0, 0.05) is 17.2 Å². The first kappa shape index (κ1) is 49.9. The number of hydrogen-bond acceptors (Lipinski definition) is 7. The zero-order valence-corrected chi connectivity index (χ0v) is 33.9. The van der Waals surface area contributed by atoms with Gasteiger partial charge in [0.2, 0.25) is 10.0 Å². The Balaban J connectivity index is 0. The number of oxime groups is 1. The Kier molecular flexibility index (Phi) is 25.2. The predicted octanol–water partition coefficient (Wildman–Crippen LogP) is 10.9. The lowest BCUT2D eigenvalue weighted by Gasteiger charge is -2.22. The summed E-state index contributed by atoms with van der Waals surface area (Å²) in [4.78, 5) is 16.3. The molecular weight excluding hydrogens is 661 g/mol. The SMILES string of the molecule is C.C=C.CC(C)C(=O)OC1CCCC1.CC(C)C(C)(C)C.CC(C)NS(=O)(=O)C1CC1.COc1ccccc1-c1ccccc1/C=N/OC(C)C. The highest BCUT2D eigenvalue weighted by Crippen LogP contribution is 2.31. The summed E-state index contributed by atoms with van der Waals surface area (Å²) in [5, 5.41) is 3.93. The third-order valence-electron chi connectivity index (χ3n) is 7.97. The van der Waals surface area contributed by atoms with Gasteiger partial charge in [-0.25, -0.2) is 13.1 Å². The maximum atomic E-state index is 11.1. The molecule has 8 nitrogen and oxygen atoms in total. The molecule has 4 rings (SSSR count). The quantitative estimate of drug-likeness (QED) is 0.113. The van der Waals surface area contributed by atoms with Gasteiger partial charge < -0.3 is 14.3 Å². The summed E-state index contributed by atoms with van der Waals surface area (Å²) in [5.74, 6) is 1.62. The van der Waals surface area contributed by atoms with Gasteiger partial charge in [-0.1, -0.05) is 104 Å². The second-order valence-electron chi connectivity index (χ2n) is 14.7. The van der Waals surface area contributed by atoms with Crippen LogP contribution in [0.3, 0.4) is 0 Å². The van der Waals surface area contributed by atoms with Gasteiger partial charge in [-0.3, -0.25) is 4.79 Å². The molecule has 2 aromatic rings. The van der Waals surface area contributed by atoms with Gasteiger partial charge in [0.15, 0.2) is 0 Å². The largest absolute Gasteiger partial charge is 0.496 e. The van der Waals surface area contributed by atoms with Crippen molar-refractivity contribution in [3.63, 3.8) is 0 Å². The van der Waals surface area contributed by atoms with Crippen LogP contribution in [0.2, 0.25) is 0 Å². The monoisotopic (exact) mass is 733 g/mol. The molecule has 1 N–H and O–H groups in total. The van der Waals surface area contributed by atoms with Gasteiger partial charge in [-0.2, -0.15) is 0 Å². The Hall–Kier alpha value is -3.17. The molecule has 0 bridgehead atoms. The lowest BCUT2D eigenvalue weighted by atomic mass is 9.84. The van der Waals surface area contributed by atoms with E-state index in [-0.39, 0.29) is 42.8 Å². The van der Waals surface area contributed by atoms with Gasteiger partial charge >= 0.3 is 5.97 Å². The molecule has 9 heteroatoms. The van der Waals surface area contributed by atoms with E-state index in [4.69, 9.17) is 14.3 Å². The number of hydrogen-bond donors (Lipinski definition) is 1. The molecule has 0 heterocycles. The van der Waals surface area contributed by atoms with Crippen molar-refractivity contribution in [2.45, 2.75) is 146 Å². The Morgan fingerprint density at radius 1 is 0.863 bits per heavy atom. The fourth-order valence-electron chi connectivity index (χ4n) is 4.04. The van der Waals surface area contributed by atoms with E-state index in [0.717, 1.165) is 54.0 Å². The van der Waals surface area contributed by atoms with Crippen molar-refractivity contribution in [1.29, 1.82) is 0 Å². The summed E-state index contributed by atoms with van der Waals surface area (Å²) in [5.41, 5.74) is 3.61. The highest BCUT2D eigenvalue weighted by molar-refractivity contribution is 7.90. The van der Waals surface area contributed by atoms with Crippen LogP contribution in [-0.2, 0) is 24.4 Å². The minimum atomic E-state index is -2.94. The standard InChI is InChI=1S/C17H19NO2.C9H16O2.C7H16.C6H13NO2S.C2H4.CH4/c1-13(2)20-18-12-14-8-4-5-9-15(14)16-10-6-7-11-17(16)19-3;1-7(2)9(10)11-8-5-3-4-6-8;1-6(2)7(3,4)5;1-5(2)7-10(8,9)6-3-4-6;1-2;/h4-13H,1-3H3;7-8H,3-6H2,1-2H3;6H,1-5H3;5-7H,3-4H2,1-2H3;1-2H2;1H4/b18-12+;;;;;. The van der Waals surface area contributed by atoms with Gasteiger partial charge in [-0.05, 0) is 89.2 Å². The van der Waals surface area contributed by atoms with Crippen molar-refractivity contribution in [3.05, 3.63) is 67.3 Å². The predicted molar refractivity (Wildman–Crippen MR) is 218 cm³/mol. The van der Waals surface area contributed by atoms with E-state index >= 15 is 0 Å². The van der Waals surface area contributed by atoms with Crippen molar-refractivity contribution in [2.75, 3.05) is 7.11 Å². The molecule has 51 heavy (non-hydrogen) atoms. The molecule has 0 radical (unpaired) electrons. The molecule has 0 atom stereocenters. The molecule has 2 aliphatic rings. The highest BCUT2D eigenvalue weighted by atomic mass is 32.2. The fourth-order valence-corrected chi connectivity index (χ4v) is 5.65. The van der Waals surface area contributed by atoms with Crippen LogP contribution in [0, 0.1) is 17.3 Å². The fraction of sp³-hybridized carbons (Fsp3) is 0.619. The number of benzene rings is 2. The van der Waals surface area contributed by atoms with E-state index in [1.54, 1.807) is 13.3 Å². The van der Waals surface area contributed by atoms with E-state index in [2.05, 4.69) is 63.7 Å². The molecule has 2 saturated carbocycles. The van der Waals surface area contributed by atoms with Crippen LogP contribution in [0.25, 0.3) is 11.1 Å². The highest BCUT2D eigenvalue weighted by Gasteiger charge is 2.35. The van der Waals surface area contributed by atoms with Crippen molar-refractivity contribution < 1.29 is 27.5 Å². The maximum Gasteiger partial charge on any atom is 0.308 e. The number of carbonyl (C=O) groups excluding carboxylic acids is 1. The first-order valence-corrected chi connectivity index (χ1v) is 19.6. The number of rotatable bonds is 10. The molecule has 0 saturated heterocycles. The van der Waals surface area contributed by atoms with Crippen LogP contribution >= 0.6 is 0 Å². The molecular formula is C42H72N2O6S. The van der Waals surface area contributed by atoms with Gasteiger partial charge in [-0.15, -0.1) is 13.2 Å². The van der Waals surface area contributed by atoms with E-state index < -0.39 is 10.0 Å². The van der Waals surface area contributed by atoms with Gasteiger partial charge in [0.05, 0.1) is 24.5 Å². The number of esters is 1. The van der Waals surface area contributed by atoms with Crippen LogP contribution in [0.15, 0.2) is 66.8 Å². The molecule has 0 unspecified atom stereocenters. The zero-order valence-electron chi connectivity index (χ0n) is 33.1. The zero-order chi connectivity index (χ0) is 38.5. The minimum absolute atomic E-state index is 0. The molecule has 292 valence electrons. The number of carbonyl (C=O) groups is 1. The van der Waals surface area contributed by atoms with E-state index in [1.165, 1.54) is 12.8 Å². The third-order valence-corrected chi connectivity index (χ3v) is 10.1. The second-order valence-corrected chi connectivity index (χ2v) is 16.7. The number of sulfonamides is 1. The first-order valence-electron chi connectivity index (χ1n) is 18.0. The molecule has 0 amide bonds. The average Bonchev–Trinajstić information content (AvgIpc) is 3.80. The Bertz CT molecular complexity index is 1350. The van der Waals surface area contributed by atoms with Crippen LogP contribution in [0.4, 0.5) is 0 Å². The van der Waals surface area contributed by atoms with Crippen LogP contribution in [-0.4, -0.2) is 51.2 Å². The topological polar surface area (TPSA) is 103 Å². The van der Waals surface area contributed by atoms with E-state index in [0.29, 0.717) is 5.41 Å². The van der Waals surface area contributed by atoms with Gasteiger partial charge in [0.25, 0.3) is 0 Å². The number of para-hydroxylation sites is 1. The van der Waals surface area contributed by atoms with Crippen LogP contribution in [0.1, 0.15) is 128 Å². The Morgan fingerprint density at radius 3 is 1.78 bits per heavy atom. The molecule has 2 aromatic carbocycles. The normalized spacial score (nSPS) is 14.2. The third kappa shape index (κ3) is 21.7. The molecule has 0 spiro atoms. The van der Waals surface area contributed by atoms with Crippen molar-refractivity contribution in [1.82, 2.24) is 4.72 Å². The Labute approximate surface area is 312 Å². The van der Waals surface area contributed by atoms with Crippen molar-refractivity contribution in [3.8, 4) is 16.9 Å². The molecule has 2 aliphatic carbocycles. The number of ether oxygens (including phenoxy) is 2.